The molecule has 0 saturated heterocycles. The summed E-state index contributed by atoms with van der Waals surface area (Å²) in [5.41, 5.74) is 1.96. The van der Waals surface area contributed by atoms with Crippen molar-refractivity contribution in [3.8, 4) is 5.75 Å². The van der Waals surface area contributed by atoms with Crippen molar-refractivity contribution in [1.82, 2.24) is 9.97 Å². The summed E-state index contributed by atoms with van der Waals surface area (Å²) in [5.74, 6) is 1.80. The van der Waals surface area contributed by atoms with Crippen LogP contribution in [0.15, 0.2) is 18.2 Å². The highest BCUT2D eigenvalue weighted by atomic mass is 16.5. The number of nitrogens with one attached hydrogen (secondary N) is 1. The average molecular weight is 220 g/mol. The summed E-state index contributed by atoms with van der Waals surface area (Å²) in [6.07, 6.45) is 1.55. The maximum Gasteiger partial charge on any atom is 0.121 e. The van der Waals surface area contributed by atoms with Crippen LogP contribution in [0, 0.1) is 0 Å². The van der Waals surface area contributed by atoms with Gasteiger partial charge in [-0.1, -0.05) is 6.92 Å². The Morgan fingerprint density at radius 2 is 2.31 bits per heavy atom. The van der Waals surface area contributed by atoms with Crippen molar-refractivity contribution in [1.29, 1.82) is 0 Å². The number of aliphatic hydroxyl groups excluding tert-OH is 1. The van der Waals surface area contributed by atoms with E-state index in [4.69, 9.17) is 9.84 Å². The molecular weight excluding hydrogens is 204 g/mol. The number of aromatic amines is 1. The van der Waals surface area contributed by atoms with Gasteiger partial charge in [-0.2, -0.15) is 0 Å². The lowest BCUT2D eigenvalue weighted by molar-refractivity contribution is 0.233. The van der Waals surface area contributed by atoms with E-state index in [0.29, 0.717) is 13.0 Å². The third kappa shape index (κ3) is 2.33. The molecule has 0 aliphatic rings. The number of nitrogens with zero attached hydrogens (tertiary/aromatic N) is 1. The van der Waals surface area contributed by atoms with Crippen LogP contribution >= 0.6 is 0 Å². The summed E-state index contributed by atoms with van der Waals surface area (Å²) >= 11 is 0. The topological polar surface area (TPSA) is 58.1 Å². The minimum Gasteiger partial charge on any atom is -0.493 e. The molecule has 86 valence electrons. The number of fused-ring (bicyclic) bond motifs is 1. The summed E-state index contributed by atoms with van der Waals surface area (Å²) in [7, 11) is 0. The van der Waals surface area contributed by atoms with E-state index in [1.807, 2.05) is 18.2 Å². The van der Waals surface area contributed by atoms with Gasteiger partial charge in [0.2, 0.25) is 0 Å². The number of H-pyrrole nitrogens is 1. The van der Waals surface area contributed by atoms with Crippen LogP contribution in [0.1, 0.15) is 19.2 Å². The highest BCUT2D eigenvalue weighted by Gasteiger charge is 2.02. The smallest absolute Gasteiger partial charge is 0.121 e. The molecule has 0 bridgehead atoms. The Morgan fingerprint density at radius 3 is 3.06 bits per heavy atom. The molecule has 0 aliphatic carbocycles. The Balaban J connectivity index is 2.15. The fraction of sp³-hybridized carbons (Fsp3) is 0.417. The van der Waals surface area contributed by atoms with Gasteiger partial charge in [0, 0.05) is 25.5 Å². The van der Waals surface area contributed by atoms with Crippen LogP contribution < -0.4 is 4.74 Å². The molecular formula is C12H16N2O2. The molecule has 16 heavy (non-hydrogen) atoms. The standard InChI is InChI=1S/C12H16N2O2/c1-2-12-13-10-5-4-9(8-11(10)14-12)16-7-3-6-15/h4-5,8,15H,2-3,6-7H2,1H3,(H,13,14). The fourth-order valence-electron chi connectivity index (χ4n) is 1.55. The van der Waals surface area contributed by atoms with Crippen molar-refractivity contribution in [2.75, 3.05) is 13.2 Å². The van der Waals surface area contributed by atoms with Gasteiger partial charge in [0.1, 0.15) is 11.6 Å². The number of benzene rings is 1. The SMILES string of the molecule is CCc1nc2ccc(OCCCO)cc2[nH]1. The van der Waals surface area contributed by atoms with Gasteiger partial charge in [0.15, 0.2) is 0 Å². The first kappa shape index (κ1) is 11.0. The molecule has 0 unspecified atom stereocenters. The van der Waals surface area contributed by atoms with E-state index in [1.54, 1.807) is 0 Å². The zero-order valence-corrected chi connectivity index (χ0v) is 9.36. The Kier molecular flexibility index (Phi) is 3.41. The van der Waals surface area contributed by atoms with Crippen LogP contribution in [-0.4, -0.2) is 28.3 Å². The lowest BCUT2D eigenvalue weighted by atomic mass is 10.3. The maximum absolute atomic E-state index is 8.66. The van der Waals surface area contributed by atoms with E-state index in [1.165, 1.54) is 0 Å². The number of aromatic nitrogens is 2. The molecule has 1 heterocycles. The summed E-state index contributed by atoms with van der Waals surface area (Å²) in [6.45, 7) is 2.76. The maximum atomic E-state index is 8.66. The van der Waals surface area contributed by atoms with Gasteiger partial charge >= 0.3 is 0 Å². The lowest BCUT2D eigenvalue weighted by Gasteiger charge is -2.03. The second-order valence-electron chi connectivity index (χ2n) is 3.64. The number of ether oxygens (including phenoxy) is 1. The van der Waals surface area contributed by atoms with Crippen LogP contribution in [0.25, 0.3) is 11.0 Å². The third-order valence-corrected chi connectivity index (χ3v) is 2.41. The molecule has 0 saturated carbocycles. The molecule has 4 nitrogen and oxygen atoms in total. The predicted octanol–water partition coefficient (Wildman–Crippen LogP) is 1.89. The largest absolute Gasteiger partial charge is 0.493 e. The van der Waals surface area contributed by atoms with Gasteiger partial charge in [-0.15, -0.1) is 0 Å². The number of rotatable bonds is 5. The molecule has 0 fully saturated rings. The summed E-state index contributed by atoms with van der Waals surface area (Å²) in [5, 5.41) is 8.66. The number of hydrogen-bond acceptors (Lipinski definition) is 3. The highest BCUT2D eigenvalue weighted by molar-refractivity contribution is 5.76. The number of imidazole rings is 1. The second-order valence-corrected chi connectivity index (χ2v) is 3.64. The van der Waals surface area contributed by atoms with E-state index in [-0.39, 0.29) is 6.61 Å². The van der Waals surface area contributed by atoms with Crippen molar-refractivity contribution in [3.05, 3.63) is 24.0 Å². The van der Waals surface area contributed by atoms with Crippen molar-refractivity contribution >= 4 is 11.0 Å². The number of aliphatic hydroxyl groups is 1. The van der Waals surface area contributed by atoms with Crippen LogP contribution in [-0.2, 0) is 6.42 Å². The Labute approximate surface area is 94.3 Å². The van der Waals surface area contributed by atoms with E-state index in [0.717, 1.165) is 29.0 Å². The minimum atomic E-state index is 0.159. The minimum absolute atomic E-state index is 0.159. The molecule has 1 aromatic carbocycles. The Bertz CT molecular complexity index is 465. The zero-order chi connectivity index (χ0) is 11.4. The lowest BCUT2D eigenvalue weighted by Crippen LogP contribution is -1.99. The van der Waals surface area contributed by atoms with Gasteiger partial charge in [-0.3, -0.25) is 0 Å². The van der Waals surface area contributed by atoms with Crippen molar-refractivity contribution in [2.24, 2.45) is 0 Å². The Hall–Kier alpha value is -1.55. The highest BCUT2D eigenvalue weighted by Crippen LogP contribution is 2.19. The van der Waals surface area contributed by atoms with Crippen molar-refractivity contribution < 1.29 is 9.84 Å². The molecule has 0 radical (unpaired) electrons. The fourth-order valence-corrected chi connectivity index (χ4v) is 1.55. The van der Waals surface area contributed by atoms with Crippen molar-refractivity contribution in [2.45, 2.75) is 19.8 Å². The molecule has 2 N–H and O–H groups in total. The van der Waals surface area contributed by atoms with E-state index in [9.17, 15) is 0 Å². The normalized spacial score (nSPS) is 10.9. The number of hydrogen-bond donors (Lipinski definition) is 2. The quantitative estimate of drug-likeness (QED) is 0.756. The molecule has 2 aromatic rings. The zero-order valence-electron chi connectivity index (χ0n) is 9.36. The van der Waals surface area contributed by atoms with Crippen molar-refractivity contribution in [3.63, 3.8) is 0 Å². The summed E-state index contributed by atoms with van der Waals surface area (Å²) in [4.78, 5) is 7.65. The molecule has 1 aromatic heterocycles. The van der Waals surface area contributed by atoms with Crippen LogP contribution in [0.3, 0.4) is 0 Å². The first-order chi connectivity index (χ1) is 7.83. The molecule has 2 rings (SSSR count). The van der Waals surface area contributed by atoms with E-state index in [2.05, 4.69) is 16.9 Å². The van der Waals surface area contributed by atoms with Crippen LogP contribution in [0.2, 0.25) is 0 Å². The average Bonchev–Trinajstić information content (AvgIpc) is 2.71. The van der Waals surface area contributed by atoms with E-state index < -0.39 is 0 Å². The van der Waals surface area contributed by atoms with Gasteiger partial charge in [-0.25, -0.2) is 4.98 Å². The molecule has 0 aliphatic heterocycles. The number of aryl methyl sites for hydroxylation is 1. The predicted molar refractivity (Wildman–Crippen MR) is 62.7 cm³/mol. The third-order valence-electron chi connectivity index (χ3n) is 2.41. The van der Waals surface area contributed by atoms with Gasteiger partial charge < -0.3 is 14.8 Å². The second kappa shape index (κ2) is 4.99. The summed E-state index contributed by atoms with van der Waals surface area (Å²) < 4.78 is 5.49. The van der Waals surface area contributed by atoms with Crippen LogP contribution in [0.4, 0.5) is 0 Å². The van der Waals surface area contributed by atoms with E-state index >= 15 is 0 Å². The first-order valence-electron chi connectivity index (χ1n) is 5.55. The monoisotopic (exact) mass is 220 g/mol. The van der Waals surface area contributed by atoms with Gasteiger partial charge in [0.25, 0.3) is 0 Å². The Morgan fingerprint density at radius 1 is 1.44 bits per heavy atom. The van der Waals surface area contributed by atoms with Crippen LogP contribution in [0.5, 0.6) is 5.75 Å². The summed E-state index contributed by atoms with van der Waals surface area (Å²) in [6, 6.07) is 5.79. The molecule has 0 spiro atoms. The molecule has 0 amide bonds. The van der Waals surface area contributed by atoms with Gasteiger partial charge in [0.05, 0.1) is 17.6 Å². The molecule has 0 atom stereocenters. The van der Waals surface area contributed by atoms with Gasteiger partial charge in [-0.05, 0) is 12.1 Å². The first-order valence-corrected chi connectivity index (χ1v) is 5.55. The molecule has 4 heteroatoms.